The van der Waals surface area contributed by atoms with Crippen LogP contribution in [0.15, 0.2) is 34.9 Å². The predicted octanol–water partition coefficient (Wildman–Crippen LogP) is 2.41. The topological polar surface area (TPSA) is 214 Å². The number of nitro groups is 1. The first-order valence-corrected chi connectivity index (χ1v) is 18.3. The van der Waals surface area contributed by atoms with E-state index < -0.39 is 46.9 Å². The number of nitrogens with two attached hydrogens (primary N) is 1. The Labute approximate surface area is 291 Å². The van der Waals surface area contributed by atoms with Crippen molar-refractivity contribution in [3.63, 3.8) is 0 Å². The van der Waals surface area contributed by atoms with Crippen LogP contribution in [-0.2, 0) is 30.5 Å². The van der Waals surface area contributed by atoms with E-state index in [0.29, 0.717) is 47.9 Å². The summed E-state index contributed by atoms with van der Waals surface area (Å²) in [5, 5.41) is 31.0. The van der Waals surface area contributed by atoms with E-state index in [-0.39, 0.29) is 60.0 Å². The molecule has 4 amide bonds. The third-order valence-corrected chi connectivity index (χ3v) is 12.3. The number of nitro benzene ring substituents is 1. The first-order chi connectivity index (χ1) is 23.3. The van der Waals surface area contributed by atoms with Crippen LogP contribution in [0.1, 0.15) is 45.1 Å². The number of carbonyl (C=O) groups excluding carboxylic acids is 4. The molecule has 0 radical (unpaired) electrons. The smallest absolute Gasteiger partial charge is 0.410 e. The maximum atomic E-state index is 13.4. The van der Waals surface area contributed by atoms with Gasteiger partial charge < -0.3 is 35.4 Å². The van der Waals surface area contributed by atoms with E-state index in [9.17, 15) is 44.3 Å². The average molecular weight is 720 g/mol. The van der Waals surface area contributed by atoms with Gasteiger partial charge in [0.25, 0.3) is 5.69 Å². The number of aliphatic carboxylic acids is 1. The van der Waals surface area contributed by atoms with Crippen LogP contribution in [0.5, 0.6) is 0 Å². The second-order valence-electron chi connectivity index (χ2n) is 12.9. The van der Waals surface area contributed by atoms with Gasteiger partial charge in [-0.15, -0.1) is 11.8 Å². The second kappa shape index (κ2) is 15.4. The number of benzene rings is 1. The molecule has 4 aliphatic heterocycles. The van der Waals surface area contributed by atoms with Crippen LogP contribution in [-0.4, -0.2) is 114 Å². The summed E-state index contributed by atoms with van der Waals surface area (Å²) in [4.78, 5) is 78.6. The van der Waals surface area contributed by atoms with Crippen molar-refractivity contribution in [2.24, 2.45) is 23.5 Å². The minimum Gasteiger partial charge on any atom is -0.477 e. The summed E-state index contributed by atoms with van der Waals surface area (Å²) in [5.74, 6) is -2.48. The maximum absolute atomic E-state index is 13.4. The summed E-state index contributed by atoms with van der Waals surface area (Å²) >= 11 is 2.84. The molecule has 15 nitrogen and oxygen atoms in total. The van der Waals surface area contributed by atoms with Gasteiger partial charge in [-0.25, -0.2) is 9.59 Å². The third kappa shape index (κ3) is 7.83. The number of likely N-dealkylation sites (tertiary alicyclic amines) is 2. The number of carboxylic acid groups (broad SMARTS) is 1. The van der Waals surface area contributed by atoms with Crippen LogP contribution < -0.4 is 5.73 Å². The largest absolute Gasteiger partial charge is 0.477 e. The lowest BCUT2D eigenvalue weighted by molar-refractivity contribution is -0.384. The number of aliphatic hydroxyl groups excluding tert-OH is 1. The molecule has 266 valence electrons. The van der Waals surface area contributed by atoms with Gasteiger partial charge in [-0.1, -0.05) is 6.92 Å². The maximum Gasteiger partial charge on any atom is 0.410 e. The summed E-state index contributed by atoms with van der Waals surface area (Å²) in [6, 6.07) is 4.93. The molecule has 2 unspecified atom stereocenters. The van der Waals surface area contributed by atoms with Crippen molar-refractivity contribution in [1.29, 1.82) is 0 Å². The number of amides is 4. The van der Waals surface area contributed by atoms with Crippen molar-refractivity contribution in [3.05, 3.63) is 50.5 Å². The number of aliphatic hydroxyl groups is 1. The van der Waals surface area contributed by atoms with Crippen LogP contribution >= 0.6 is 23.5 Å². The van der Waals surface area contributed by atoms with Crippen molar-refractivity contribution >= 4 is 59.0 Å². The molecule has 1 aromatic carbocycles. The van der Waals surface area contributed by atoms with E-state index in [2.05, 4.69) is 0 Å². The fraction of sp³-hybridized carbons (Fsp3) is 0.594. The fourth-order valence-corrected chi connectivity index (χ4v) is 9.75. The molecule has 3 fully saturated rings. The molecule has 1 aromatic rings. The number of piperidine rings is 1. The minimum atomic E-state index is -1.22. The molecular formula is C32H41N5O10S2. The molecule has 0 saturated carbocycles. The quantitative estimate of drug-likeness (QED) is 0.116. The van der Waals surface area contributed by atoms with Gasteiger partial charge in [0.15, 0.2) is 0 Å². The highest BCUT2D eigenvalue weighted by Crippen LogP contribution is 2.52. The van der Waals surface area contributed by atoms with Crippen LogP contribution in [0.2, 0.25) is 0 Å². The Hall–Kier alpha value is -3.83. The number of ether oxygens (including phenoxy) is 1. The van der Waals surface area contributed by atoms with Crippen LogP contribution in [0, 0.1) is 27.9 Å². The average Bonchev–Trinajstić information content (AvgIpc) is 3.58. The number of carboxylic acids is 1. The lowest BCUT2D eigenvalue weighted by atomic mass is 9.79. The number of primary amides is 1. The van der Waals surface area contributed by atoms with Crippen molar-refractivity contribution in [3.8, 4) is 0 Å². The van der Waals surface area contributed by atoms with E-state index in [0.717, 1.165) is 6.42 Å². The zero-order valence-corrected chi connectivity index (χ0v) is 28.9. The van der Waals surface area contributed by atoms with Gasteiger partial charge >= 0.3 is 12.1 Å². The van der Waals surface area contributed by atoms with Crippen molar-refractivity contribution in [2.75, 3.05) is 31.1 Å². The predicted molar refractivity (Wildman–Crippen MR) is 180 cm³/mol. The number of nitrogens with zero attached hydrogens (tertiary/aromatic N) is 4. The van der Waals surface area contributed by atoms with Crippen molar-refractivity contribution in [1.82, 2.24) is 14.7 Å². The lowest BCUT2D eigenvalue weighted by Crippen LogP contribution is -2.63. The van der Waals surface area contributed by atoms with E-state index in [1.807, 2.05) is 6.92 Å². The highest BCUT2D eigenvalue weighted by molar-refractivity contribution is 8.03. The van der Waals surface area contributed by atoms with E-state index in [1.165, 1.54) is 59.6 Å². The Balaban J connectivity index is 1.24. The molecule has 5 rings (SSSR count). The van der Waals surface area contributed by atoms with Gasteiger partial charge in [-0.3, -0.25) is 24.5 Å². The zero-order chi connectivity index (χ0) is 35.6. The Kier molecular flexibility index (Phi) is 11.4. The van der Waals surface area contributed by atoms with Crippen LogP contribution in [0.4, 0.5) is 10.5 Å². The SMILES string of the molecule is C[C@H]1C(S[C@H]2C[C@@H](CSCCC(=O)N3CCCC(C(N)=O)C3)N(C(=O)OCc3ccc([N+](=O)[O-])cc3)C2)=C(C(=O)O)N2C(=O)[C@H]([C@@H](C)O)C12. The van der Waals surface area contributed by atoms with Gasteiger partial charge in [0.05, 0.1) is 28.9 Å². The first kappa shape index (κ1) is 36.5. The number of hydrogen-bond donors (Lipinski definition) is 3. The lowest BCUT2D eigenvalue weighted by Gasteiger charge is -2.46. The minimum absolute atomic E-state index is 0.0595. The van der Waals surface area contributed by atoms with Crippen molar-refractivity contribution < 1.29 is 43.8 Å². The molecule has 49 heavy (non-hydrogen) atoms. The molecular weight excluding hydrogens is 679 g/mol. The van der Waals surface area contributed by atoms with Crippen LogP contribution in [0.25, 0.3) is 0 Å². The third-order valence-electron chi connectivity index (χ3n) is 9.67. The molecule has 4 aliphatic rings. The van der Waals surface area contributed by atoms with Gasteiger partial charge in [-0.05, 0) is 43.9 Å². The van der Waals surface area contributed by atoms with E-state index in [4.69, 9.17) is 10.5 Å². The van der Waals surface area contributed by atoms with E-state index in [1.54, 1.807) is 9.80 Å². The number of non-ortho nitro benzene ring substituents is 1. The summed E-state index contributed by atoms with van der Waals surface area (Å²) in [7, 11) is 0. The molecule has 0 aliphatic carbocycles. The summed E-state index contributed by atoms with van der Waals surface area (Å²) in [5.41, 5.74) is 5.86. The Morgan fingerprint density at radius 2 is 1.90 bits per heavy atom. The van der Waals surface area contributed by atoms with Gasteiger partial charge in [0.1, 0.15) is 12.3 Å². The summed E-state index contributed by atoms with van der Waals surface area (Å²) in [6.45, 7) is 4.42. The Morgan fingerprint density at radius 3 is 2.53 bits per heavy atom. The van der Waals surface area contributed by atoms with Gasteiger partial charge in [-0.2, -0.15) is 11.8 Å². The number of β-lactam (4-membered cyclic amide) rings is 1. The molecule has 3 saturated heterocycles. The van der Waals surface area contributed by atoms with Gasteiger partial charge in [0, 0.05) is 71.8 Å². The number of hydrogen-bond acceptors (Lipinski definition) is 11. The highest BCUT2D eigenvalue weighted by Gasteiger charge is 2.60. The second-order valence-corrected chi connectivity index (χ2v) is 15.4. The summed E-state index contributed by atoms with van der Waals surface area (Å²) in [6.07, 6.45) is 0.644. The molecule has 4 heterocycles. The number of fused-ring (bicyclic) bond motifs is 1. The van der Waals surface area contributed by atoms with Crippen molar-refractivity contribution in [2.45, 2.75) is 69.6 Å². The zero-order valence-electron chi connectivity index (χ0n) is 27.3. The normalized spacial score (nSPS) is 27.1. The first-order valence-electron chi connectivity index (χ1n) is 16.2. The molecule has 7 atom stereocenters. The van der Waals surface area contributed by atoms with E-state index >= 15 is 0 Å². The molecule has 17 heteroatoms. The summed E-state index contributed by atoms with van der Waals surface area (Å²) < 4.78 is 5.61. The number of carbonyl (C=O) groups is 5. The number of thioether (sulfide) groups is 2. The molecule has 0 bridgehead atoms. The Morgan fingerprint density at radius 1 is 1.18 bits per heavy atom. The fourth-order valence-electron chi connectivity index (χ4n) is 7.11. The monoisotopic (exact) mass is 719 g/mol. The molecule has 0 aromatic heterocycles. The van der Waals surface area contributed by atoms with Crippen LogP contribution in [0.3, 0.4) is 0 Å². The molecule has 0 spiro atoms. The highest BCUT2D eigenvalue weighted by atomic mass is 32.2. The molecule has 4 N–H and O–H groups in total. The Bertz CT molecular complexity index is 1520. The number of rotatable bonds is 13. The van der Waals surface area contributed by atoms with Gasteiger partial charge in [0.2, 0.25) is 17.7 Å². The standard InChI is InChI=1S/C32H41N5O10S2/c1-17-26-25(18(2)38)30(41)36(26)27(31(42)43)28(17)49-23-12-22(16-48-11-9-24(39)34-10-3-4-20(13-34)29(33)40)35(14-23)32(44)47-15-19-5-7-21(8-6-19)37(45)46/h5-8,17-18,20,22-23,25-26,38H,3-4,9-16H2,1-2H3,(H2,33,40)(H,42,43)/t17-,18-,20?,22+,23+,25-,26?/m1/s1.